The maximum atomic E-state index is 16.8. The lowest BCUT2D eigenvalue weighted by Crippen LogP contribution is -2.59. The summed E-state index contributed by atoms with van der Waals surface area (Å²) in [5, 5.41) is 8.93. The fourth-order valence-corrected chi connectivity index (χ4v) is 6.40. The van der Waals surface area contributed by atoms with E-state index in [1.54, 1.807) is 12.3 Å². The maximum absolute atomic E-state index is 16.8. The fraction of sp³-hybridized carbons (Fsp3) is 0.467. The second-order valence-electron chi connectivity index (χ2n) is 11.7. The summed E-state index contributed by atoms with van der Waals surface area (Å²) in [6.45, 7) is 10.6. The van der Waals surface area contributed by atoms with Crippen molar-refractivity contribution in [3.63, 3.8) is 0 Å². The average molecular weight is 579 g/mol. The van der Waals surface area contributed by atoms with Gasteiger partial charge < -0.3 is 19.6 Å². The molecule has 2 aliphatic heterocycles. The van der Waals surface area contributed by atoms with Gasteiger partial charge >= 0.3 is 0 Å². The van der Waals surface area contributed by atoms with Gasteiger partial charge in [0.25, 0.3) is 0 Å². The molecule has 0 saturated carbocycles. The molecule has 1 amide bonds. The van der Waals surface area contributed by atoms with E-state index in [0.717, 1.165) is 29.6 Å². The molecule has 2 aromatic carbocycles. The van der Waals surface area contributed by atoms with Crippen LogP contribution in [0.3, 0.4) is 0 Å². The number of nitrogens with one attached hydrogen (secondary N) is 1. The van der Waals surface area contributed by atoms with Gasteiger partial charge in [-0.15, -0.1) is 0 Å². The topological polar surface area (TPSA) is 84.5 Å². The lowest BCUT2D eigenvalue weighted by molar-refractivity contribution is -0.133. The maximum Gasteiger partial charge on any atom is 0.228 e. The summed E-state index contributed by atoms with van der Waals surface area (Å²) in [5.41, 5.74) is 2.83. The van der Waals surface area contributed by atoms with Crippen molar-refractivity contribution in [1.82, 2.24) is 30.0 Å². The Morgan fingerprint density at radius 2 is 1.88 bits per heavy atom. The van der Waals surface area contributed by atoms with Crippen LogP contribution in [0, 0.1) is 12.7 Å². The Balaban J connectivity index is 1.53. The van der Waals surface area contributed by atoms with Crippen LogP contribution in [0.2, 0.25) is 5.02 Å². The number of hydrogen-bond donors (Lipinski definition) is 1. The number of fused-ring (bicyclic) bond motifs is 2. The Labute approximate surface area is 244 Å². The van der Waals surface area contributed by atoms with Crippen LogP contribution in [-0.4, -0.2) is 94.3 Å². The number of amides is 1. The third kappa shape index (κ3) is 4.57. The van der Waals surface area contributed by atoms with E-state index in [1.807, 2.05) is 37.8 Å². The molecule has 216 valence electrons. The lowest BCUT2D eigenvalue weighted by Gasteiger charge is -2.46. The minimum atomic E-state index is -0.479. The summed E-state index contributed by atoms with van der Waals surface area (Å²) in [6, 6.07) is 6.04. The summed E-state index contributed by atoms with van der Waals surface area (Å²) in [4.78, 5) is 30.8. The number of benzene rings is 2. The van der Waals surface area contributed by atoms with E-state index in [1.165, 1.54) is 0 Å². The zero-order valence-electron chi connectivity index (χ0n) is 24.4. The number of nitrogens with zero attached hydrogens (tertiary/aromatic N) is 7. The second kappa shape index (κ2) is 10.4. The Morgan fingerprint density at radius 3 is 2.59 bits per heavy atom. The van der Waals surface area contributed by atoms with Crippen LogP contribution >= 0.6 is 11.6 Å². The van der Waals surface area contributed by atoms with Crippen molar-refractivity contribution in [1.29, 1.82) is 0 Å². The van der Waals surface area contributed by atoms with Gasteiger partial charge in [-0.3, -0.25) is 9.89 Å². The summed E-state index contributed by atoms with van der Waals surface area (Å²) >= 11 is 6.92. The molecule has 0 bridgehead atoms. The highest BCUT2D eigenvalue weighted by Gasteiger charge is 2.36. The Morgan fingerprint density at radius 1 is 1.12 bits per heavy atom. The van der Waals surface area contributed by atoms with Crippen molar-refractivity contribution >= 4 is 51.1 Å². The van der Waals surface area contributed by atoms with E-state index in [9.17, 15) is 4.79 Å². The first-order valence-electron chi connectivity index (χ1n) is 14.2. The highest BCUT2D eigenvalue weighted by molar-refractivity contribution is 6.35. The lowest BCUT2D eigenvalue weighted by atomic mass is 9.96. The average Bonchev–Trinajstić information content (AvgIpc) is 3.38. The molecule has 0 spiro atoms. The number of halogens is 2. The summed E-state index contributed by atoms with van der Waals surface area (Å²) in [5.74, 6) is 0.800. The monoisotopic (exact) mass is 578 g/mol. The number of hydrogen-bond acceptors (Lipinski definition) is 7. The van der Waals surface area contributed by atoms with E-state index in [0.29, 0.717) is 53.8 Å². The number of aromatic nitrogens is 4. The van der Waals surface area contributed by atoms with E-state index < -0.39 is 5.82 Å². The van der Waals surface area contributed by atoms with Crippen LogP contribution in [0.25, 0.3) is 32.9 Å². The van der Waals surface area contributed by atoms with Crippen LogP contribution < -0.4 is 9.80 Å². The molecule has 1 N–H and O–H groups in total. The third-order valence-corrected chi connectivity index (χ3v) is 8.98. The van der Waals surface area contributed by atoms with Crippen LogP contribution in [0.1, 0.15) is 32.8 Å². The first-order chi connectivity index (χ1) is 19.6. The van der Waals surface area contributed by atoms with E-state index in [4.69, 9.17) is 21.6 Å². The predicted octanol–water partition coefficient (Wildman–Crippen LogP) is 4.86. The van der Waals surface area contributed by atoms with Gasteiger partial charge in [0.1, 0.15) is 11.3 Å². The minimum Gasteiger partial charge on any atom is -0.349 e. The largest absolute Gasteiger partial charge is 0.349 e. The van der Waals surface area contributed by atoms with Crippen LogP contribution in [0.5, 0.6) is 0 Å². The van der Waals surface area contributed by atoms with Gasteiger partial charge in [0.15, 0.2) is 5.82 Å². The fourth-order valence-electron chi connectivity index (χ4n) is 6.11. The van der Waals surface area contributed by atoms with Crippen molar-refractivity contribution in [2.45, 2.75) is 52.2 Å². The molecule has 41 heavy (non-hydrogen) atoms. The van der Waals surface area contributed by atoms with E-state index in [2.05, 4.69) is 45.9 Å². The number of likely N-dealkylation sites (N-methyl/N-ethyl adjacent to an activating group) is 1. The number of anilines is 2. The molecule has 2 atom stereocenters. The normalized spacial score (nSPS) is 20.0. The molecule has 2 fully saturated rings. The first-order valence-corrected chi connectivity index (χ1v) is 14.6. The Kier molecular flexibility index (Phi) is 7.02. The highest BCUT2D eigenvalue weighted by Crippen LogP contribution is 2.43. The van der Waals surface area contributed by atoms with Gasteiger partial charge in [0.05, 0.1) is 16.7 Å². The molecule has 2 aromatic heterocycles. The zero-order chi connectivity index (χ0) is 29.2. The molecule has 0 unspecified atom stereocenters. The Bertz CT molecular complexity index is 1650. The summed E-state index contributed by atoms with van der Waals surface area (Å²) < 4.78 is 16.8. The quantitative estimate of drug-likeness (QED) is 0.362. The number of carbonyl (C=O) groups excluding carboxylic acids is 1. The van der Waals surface area contributed by atoms with Gasteiger partial charge in [-0.05, 0) is 46.5 Å². The van der Waals surface area contributed by atoms with E-state index in [-0.39, 0.29) is 28.5 Å². The molecule has 9 nitrogen and oxygen atoms in total. The minimum absolute atomic E-state index is 0.0190. The number of piperazine rings is 1. The molecule has 4 heterocycles. The van der Waals surface area contributed by atoms with Gasteiger partial charge in [0.2, 0.25) is 11.9 Å². The third-order valence-electron chi connectivity index (χ3n) is 8.68. The number of carbonyl (C=O) groups is 1. The molecule has 0 aliphatic carbocycles. The smallest absolute Gasteiger partial charge is 0.228 e. The van der Waals surface area contributed by atoms with Gasteiger partial charge in [0, 0.05) is 72.6 Å². The van der Waals surface area contributed by atoms with Gasteiger partial charge in [-0.2, -0.15) is 10.1 Å². The number of aryl methyl sites for hydroxylation is 1. The Hall–Kier alpha value is -3.50. The number of aromatic amines is 1. The van der Waals surface area contributed by atoms with Crippen LogP contribution in [-0.2, 0) is 4.79 Å². The molecule has 4 aromatic rings. The predicted molar refractivity (Wildman–Crippen MR) is 162 cm³/mol. The number of H-pyrrole nitrogens is 1. The van der Waals surface area contributed by atoms with Crippen molar-refractivity contribution in [3.05, 3.63) is 40.8 Å². The zero-order valence-corrected chi connectivity index (χ0v) is 25.1. The molecule has 6 rings (SSSR count). The standard InChI is InChI=1S/C30H36ClFN8O/c1-7-23(41)39-12-18(4)40(13-17(39)3)29-21-10-22(31)25(24-16(2)8-9-19-11-33-36-27(19)24)26(32)28(21)34-30(35-29)38-14-20(15-38)37(5)6/h8-11,17-18,20H,7,12-15H2,1-6H3,(H,33,36)/t17-,18+/m1/s1. The second-order valence-corrected chi connectivity index (χ2v) is 12.1. The van der Waals surface area contributed by atoms with Crippen molar-refractivity contribution < 1.29 is 9.18 Å². The van der Waals surface area contributed by atoms with Gasteiger partial charge in [-0.1, -0.05) is 30.7 Å². The molecule has 2 saturated heterocycles. The highest BCUT2D eigenvalue weighted by atomic mass is 35.5. The van der Waals surface area contributed by atoms with Gasteiger partial charge in [-0.25, -0.2) is 9.37 Å². The van der Waals surface area contributed by atoms with E-state index >= 15 is 4.39 Å². The van der Waals surface area contributed by atoms with Crippen molar-refractivity contribution in [2.75, 3.05) is 50.1 Å². The van der Waals surface area contributed by atoms with Crippen LogP contribution in [0.15, 0.2) is 24.4 Å². The van der Waals surface area contributed by atoms with Crippen LogP contribution in [0.4, 0.5) is 16.2 Å². The molecular formula is C30H36ClFN8O. The molecule has 2 aliphatic rings. The molecule has 11 heteroatoms. The summed E-state index contributed by atoms with van der Waals surface area (Å²) in [7, 11) is 4.11. The molecular weight excluding hydrogens is 543 g/mol. The molecule has 0 radical (unpaired) electrons. The SMILES string of the molecule is CCC(=O)N1C[C@H](C)N(c2nc(N3CC(N(C)C)C3)nc3c(F)c(-c4c(C)ccc5cn[nH]c45)c(Cl)cc23)C[C@H]1C. The number of rotatable bonds is 5. The first kappa shape index (κ1) is 27.7. The van der Waals surface area contributed by atoms with Crippen molar-refractivity contribution in [3.8, 4) is 11.1 Å². The van der Waals surface area contributed by atoms with Crippen molar-refractivity contribution in [2.24, 2.45) is 0 Å². The summed E-state index contributed by atoms with van der Waals surface area (Å²) in [6.07, 6.45) is 2.19.